The topological polar surface area (TPSA) is 46.3 Å². The lowest BCUT2D eigenvalue weighted by molar-refractivity contribution is -0.128. The number of nitrogens with zero attached hydrogens (tertiary/aromatic N) is 1. The normalized spacial score (nSPS) is 10.1. The summed E-state index contributed by atoms with van der Waals surface area (Å²) in [6.45, 7) is 0.407. The van der Waals surface area contributed by atoms with Gasteiger partial charge in [0.05, 0.1) is 16.6 Å². The molecular formula is C10H12Cl2N2O. The number of benzene rings is 1. The molecule has 0 radical (unpaired) electrons. The van der Waals surface area contributed by atoms with Crippen molar-refractivity contribution >= 4 is 29.1 Å². The number of nitrogens with two attached hydrogens (primary N) is 1. The largest absolute Gasteiger partial charge is 0.340 e. The third-order valence-corrected chi connectivity index (χ3v) is 2.90. The molecule has 0 atom stereocenters. The maximum Gasteiger partial charge on any atom is 0.236 e. The number of hydrogen-bond donors (Lipinski definition) is 1. The fraction of sp³-hybridized carbons (Fsp3) is 0.300. The van der Waals surface area contributed by atoms with Crippen molar-refractivity contribution in [3.05, 3.63) is 33.8 Å². The molecule has 0 heterocycles. The third-order valence-electron chi connectivity index (χ3n) is 2.04. The van der Waals surface area contributed by atoms with Gasteiger partial charge in [0.1, 0.15) is 0 Å². The molecular weight excluding hydrogens is 235 g/mol. The predicted octanol–water partition coefficient (Wildman–Crippen LogP) is 1.91. The van der Waals surface area contributed by atoms with Crippen LogP contribution in [0.1, 0.15) is 5.56 Å². The summed E-state index contributed by atoms with van der Waals surface area (Å²) in [7, 11) is 1.67. The number of amides is 1. The van der Waals surface area contributed by atoms with Gasteiger partial charge in [-0.3, -0.25) is 4.79 Å². The second kappa shape index (κ2) is 5.35. The van der Waals surface area contributed by atoms with Crippen molar-refractivity contribution in [3.63, 3.8) is 0 Å². The summed E-state index contributed by atoms with van der Waals surface area (Å²) in [5.74, 6) is -0.133. The van der Waals surface area contributed by atoms with Crippen LogP contribution in [0.4, 0.5) is 0 Å². The standard InChI is InChI=1S/C10H12Cl2N2O/c1-14(9(15)5-13)6-7-3-2-4-8(11)10(7)12/h2-4H,5-6,13H2,1H3. The molecule has 1 amide bonds. The minimum absolute atomic E-state index is 0.00527. The molecule has 0 aliphatic carbocycles. The quantitative estimate of drug-likeness (QED) is 0.886. The molecule has 5 heteroatoms. The van der Waals surface area contributed by atoms with Crippen LogP contribution in [0.5, 0.6) is 0 Å². The number of carbonyl (C=O) groups is 1. The van der Waals surface area contributed by atoms with Crippen LogP contribution in [0.3, 0.4) is 0 Å². The highest BCUT2D eigenvalue weighted by Gasteiger charge is 2.10. The zero-order valence-corrected chi connectivity index (χ0v) is 9.85. The van der Waals surface area contributed by atoms with Crippen LogP contribution in [0.2, 0.25) is 10.0 Å². The molecule has 15 heavy (non-hydrogen) atoms. The highest BCUT2D eigenvalue weighted by molar-refractivity contribution is 6.42. The second-order valence-electron chi connectivity index (χ2n) is 3.17. The minimum Gasteiger partial charge on any atom is -0.340 e. The zero-order chi connectivity index (χ0) is 11.4. The molecule has 0 aromatic heterocycles. The Morgan fingerprint density at radius 1 is 1.47 bits per heavy atom. The van der Waals surface area contributed by atoms with E-state index in [0.29, 0.717) is 16.6 Å². The van der Waals surface area contributed by atoms with Crippen LogP contribution in [0, 0.1) is 0 Å². The minimum atomic E-state index is -0.133. The summed E-state index contributed by atoms with van der Waals surface area (Å²) >= 11 is 11.8. The van der Waals surface area contributed by atoms with Crippen molar-refractivity contribution in [1.29, 1.82) is 0 Å². The van der Waals surface area contributed by atoms with Crippen molar-refractivity contribution in [2.24, 2.45) is 5.73 Å². The predicted molar refractivity (Wildman–Crippen MR) is 62.0 cm³/mol. The Morgan fingerprint density at radius 3 is 2.73 bits per heavy atom. The summed E-state index contributed by atoms with van der Waals surface area (Å²) in [5, 5.41) is 0.971. The van der Waals surface area contributed by atoms with Gasteiger partial charge in [0, 0.05) is 13.6 Å². The van der Waals surface area contributed by atoms with Crippen molar-refractivity contribution in [2.75, 3.05) is 13.6 Å². The van der Waals surface area contributed by atoms with E-state index in [0.717, 1.165) is 5.56 Å². The molecule has 0 spiro atoms. The smallest absolute Gasteiger partial charge is 0.236 e. The fourth-order valence-corrected chi connectivity index (χ4v) is 1.55. The highest BCUT2D eigenvalue weighted by Crippen LogP contribution is 2.26. The molecule has 1 aromatic carbocycles. The van der Waals surface area contributed by atoms with Crippen molar-refractivity contribution < 1.29 is 4.79 Å². The number of hydrogen-bond acceptors (Lipinski definition) is 2. The van der Waals surface area contributed by atoms with Gasteiger partial charge < -0.3 is 10.6 Å². The molecule has 1 aromatic rings. The average Bonchev–Trinajstić information content (AvgIpc) is 2.23. The maximum absolute atomic E-state index is 11.2. The summed E-state index contributed by atoms with van der Waals surface area (Å²) < 4.78 is 0. The lowest BCUT2D eigenvalue weighted by Crippen LogP contribution is -2.32. The molecule has 2 N–H and O–H groups in total. The third kappa shape index (κ3) is 3.09. The van der Waals surface area contributed by atoms with Gasteiger partial charge in [0.15, 0.2) is 0 Å². The Balaban J connectivity index is 2.81. The van der Waals surface area contributed by atoms with Gasteiger partial charge in [0.25, 0.3) is 0 Å². The zero-order valence-electron chi connectivity index (χ0n) is 8.34. The molecule has 0 fully saturated rings. The van der Waals surface area contributed by atoms with Crippen LogP contribution in [-0.4, -0.2) is 24.4 Å². The lowest BCUT2D eigenvalue weighted by Gasteiger charge is -2.17. The molecule has 0 saturated carbocycles. The summed E-state index contributed by atoms with van der Waals surface area (Å²) in [4.78, 5) is 12.7. The van der Waals surface area contributed by atoms with Gasteiger partial charge in [-0.1, -0.05) is 35.3 Å². The molecule has 3 nitrogen and oxygen atoms in total. The first kappa shape index (κ1) is 12.3. The van der Waals surface area contributed by atoms with Crippen molar-refractivity contribution in [1.82, 2.24) is 4.90 Å². The Kier molecular flexibility index (Phi) is 4.39. The van der Waals surface area contributed by atoms with Crippen molar-refractivity contribution in [3.8, 4) is 0 Å². The van der Waals surface area contributed by atoms with Crippen molar-refractivity contribution in [2.45, 2.75) is 6.54 Å². The summed E-state index contributed by atoms with van der Waals surface area (Å²) in [6, 6.07) is 5.33. The van der Waals surface area contributed by atoms with E-state index in [9.17, 15) is 4.79 Å². The van der Waals surface area contributed by atoms with Gasteiger partial charge >= 0.3 is 0 Å². The first-order chi connectivity index (χ1) is 7.06. The summed E-state index contributed by atoms with van der Waals surface area (Å²) in [6.07, 6.45) is 0. The molecule has 0 aliphatic rings. The van der Waals surface area contributed by atoms with E-state index in [4.69, 9.17) is 28.9 Å². The Bertz CT molecular complexity index is 368. The van der Waals surface area contributed by atoms with E-state index in [-0.39, 0.29) is 12.5 Å². The number of likely N-dealkylation sites (N-methyl/N-ethyl adjacent to an activating group) is 1. The van der Waals surface area contributed by atoms with Crippen LogP contribution in [0.25, 0.3) is 0 Å². The first-order valence-electron chi connectivity index (χ1n) is 4.43. The van der Waals surface area contributed by atoms with E-state index in [1.165, 1.54) is 4.90 Å². The fourth-order valence-electron chi connectivity index (χ4n) is 1.17. The maximum atomic E-state index is 11.2. The van der Waals surface area contributed by atoms with Gasteiger partial charge in [-0.2, -0.15) is 0 Å². The van der Waals surface area contributed by atoms with Gasteiger partial charge in [0.2, 0.25) is 5.91 Å². The molecule has 1 rings (SSSR count). The molecule has 0 unspecified atom stereocenters. The molecule has 0 bridgehead atoms. The Labute approximate surface area is 98.8 Å². The molecule has 0 saturated heterocycles. The van der Waals surface area contributed by atoms with E-state index in [2.05, 4.69) is 0 Å². The SMILES string of the molecule is CN(Cc1cccc(Cl)c1Cl)C(=O)CN. The number of halogens is 2. The van der Waals surface area contributed by atoms with Crippen LogP contribution in [-0.2, 0) is 11.3 Å². The van der Waals surface area contributed by atoms with Crippen LogP contribution < -0.4 is 5.73 Å². The van der Waals surface area contributed by atoms with E-state index in [1.807, 2.05) is 6.07 Å². The molecule has 82 valence electrons. The van der Waals surface area contributed by atoms with Gasteiger partial charge in [-0.15, -0.1) is 0 Å². The van der Waals surface area contributed by atoms with E-state index >= 15 is 0 Å². The summed E-state index contributed by atoms with van der Waals surface area (Å²) in [5.41, 5.74) is 6.06. The lowest BCUT2D eigenvalue weighted by atomic mass is 10.2. The number of carbonyl (C=O) groups excluding carboxylic acids is 1. The van der Waals surface area contributed by atoms with Crippen LogP contribution >= 0.6 is 23.2 Å². The average molecular weight is 247 g/mol. The van der Waals surface area contributed by atoms with Crippen LogP contribution in [0.15, 0.2) is 18.2 Å². The van der Waals surface area contributed by atoms with E-state index < -0.39 is 0 Å². The Morgan fingerprint density at radius 2 is 2.13 bits per heavy atom. The number of rotatable bonds is 3. The molecule has 0 aliphatic heterocycles. The van der Waals surface area contributed by atoms with Gasteiger partial charge in [-0.25, -0.2) is 0 Å². The highest BCUT2D eigenvalue weighted by atomic mass is 35.5. The monoisotopic (exact) mass is 246 g/mol. The van der Waals surface area contributed by atoms with E-state index in [1.54, 1.807) is 19.2 Å². The second-order valence-corrected chi connectivity index (χ2v) is 3.95. The first-order valence-corrected chi connectivity index (χ1v) is 5.18. The van der Waals surface area contributed by atoms with Gasteiger partial charge in [-0.05, 0) is 11.6 Å². The Hall–Kier alpha value is -0.770.